The number of hydrogen-bond acceptors (Lipinski definition) is 5. The molecule has 3 rings (SSSR count). The third-order valence-electron chi connectivity index (χ3n) is 6.76. The molecule has 2 aromatic carbocycles. The molecule has 0 aromatic heterocycles. The molecule has 40 heavy (non-hydrogen) atoms. The SMILES string of the molecule is COCC(CC(=O)O)c1ccc(N(CC(C)C)C2CCCCC2)c(NC(=O)Nc2ccc(OC(F)(F)F)cc2)c1. The molecule has 3 N–H and O–H groups in total. The Morgan fingerprint density at radius 3 is 2.30 bits per heavy atom. The first-order valence-corrected chi connectivity index (χ1v) is 13.5. The number of urea groups is 1. The molecular formula is C29H38F3N3O5. The van der Waals surface area contributed by atoms with E-state index >= 15 is 0 Å². The number of carbonyl (C=O) groups excluding carboxylic acids is 1. The molecule has 0 heterocycles. The van der Waals surface area contributed by atoms with E-state index in [1.807, 2.05) is 12.1 Å². The molecule has 220 valence electrons. The Balaban J connectivity index is 1.92. The van der Waals surface area contributed by atoms with Crippen LogP contribution >= 0.6 is 0 Å². The molecule has 0 aliphatic heterocycles. The molecule has 1 aliphatic carbocycles. The summed E-state index contributed by atoms with van der Waals surface area (Å²) in [5.74, 6) is -1.42. The zero-order chi connectivity index (χ0) is 29.3. The average Bonchev–Trinajstić information content (AvgIpc) is 2.87. The Labute approximate surface area is 232 Å². The van der Waals surface area contributed by atoms with Crippen LogP contribution in [-0.4, -0.2) is 49.8 Å². The first kappa shape index (κ1) is 31.1. The van der Waals surface area contributed by atoms with Crippen molar-refractivity contribution in [2.45, 2.75) is 70.7 Å². The van der Waals surface area contributed by atoms with E-state index in [9.17, 15) is 27.9 Å². The maximum absolute atomic E-state index is 13.1. The lowest BCUT2D eigenvalue weighted by atomic mass is 9.91. The molecule has 1 aliphatic rings. The van der Waals surface area contributed by atoms with Gasteiger partial charge in [-0.15, -0.1) is 13.2 Å². The minimum absolute atomic E-state index is 0.135. The fraction of sp³-hybridized carbons (Fsp3) is 0.517. The highest BCUT2D eigenvalue weighted by Crippen LogP contribution is 2.36. The van der Waals surface area contributed by atoms with Crippen molar-refractivity contribution in [1.29, 1.82) is 0 Å². The lowest BCUT2D eigenvalue weighted by Crippen LogP contribution is -2.40. The van der Waals surface area contributed by atoms with Gasteiger partial charge in [0.15, 0.2) is 0 Å². The van der Waals surface area contributed by atoms with Gasteiger partial charge in [-0.25, -0.2) is 4.79 Å². The number of carbonyl (C=O) groups is 2. The second-order valence-corrected chi connectivity index (χ2v) is 10.5. The topological polar surface area (TPSA) is 100 Å². The lowest BCUT2D eigenvalue weighted by molar-refractivity contribution is -0.274. The van der Waals surface area contributed by atoms with E-state index in [0.29, 0.717) is 23.2 Å². The van der Waals surface area contributed by atoms with E-state index in [1.165, 1.54) is 25.7 Å². The summed E-state index contributed by atoms with van der Waals surface area (Å²) >= 11 is 0. The molecule has 2 aromatic rings. The number of ether oxygens (including phenoxy) is 2. The summed E-state index contributed by atoms with van der Waals surface area (Å²) in [6.07, 6.45) is 0.583. The molecule has 2 amide bonds. The maximum atomic E-state index is 13.1. The van der Waals surface area contributed by atoms with Crippen molar-refractivity contribution < 1.29 is 37.3 Å². The van der Waals surface area contributed by atoms with Gasteiger partial charge in [0.25, 0.3) is 0 Å². The molecule has 0 saturated heterocycles. The Morgan fingerprint density at radius 1 is 1.05 bits per heavy atom. The van der Waals surface area contributed by atoms with Gasteiger partial charge in [-0.3, -0.25) is 4.79 Å². The van der Waals surface area contributed by atoms with Gasteiger partial charge in [-0.1, -0.05) is 39.2 Å². The van der Waals surface area contributed by atoms with Crippen molar-refractivity contribution in [2.75, 3.05) is 35.8 Å². The smallest absolute Gasteiger partial charge is 0.481 e. The number of methoxy groups -OCH3 is 1. The lowest BCUT2D eigenvalue weighted by Gasteiger charge is -2.38. The number of carboxylic acids is 1. The quantitative estimate of drug-likeness (QED) is 0.251. The van der Waals surface area contributed by atoms with Crippen LogP contribution in [-0.2, 0) is 9.53 Å². The number of carboxylic acid groups (broad SMARTS) is 1. The Hall–Kier alpha value is -3.47. The number of benzene rings is 2. The van der Waals surface area contributed by atoms with E-state index in [2.05, 4.69) is 34.1 Å². The van der Waals surface area contributed by atoms with Crippen molar-refractivity contribution in [3.05, 3.63) is 48.0 Å². The largest absolute Gasteiger partial charge is 0.573 e. The normalized spacial score (nSPS) is 15.0. The Morgan fingerprint density at radius 2 is 1.73 bits per heavy atom. The average molecular weight is 566 g/mol. The number of halogens is 3. The van der Waals surface area contributed by atoms with Gasteiger partial charge < -0.3 is 30.1 Å². The molecule has 1 atom stereocenters. The zero-order valence-electron chi connectivity index (χ0n) is 23.1. The van der Waals surface area contributed by atoms with Crippen molar-refractivity contribution in [3.63, 3.8) is 0 Å². The van der Waals surface area contributed by atoms with Crippen LogP contribution < -0.4 is 20.3 Å². The summed E-state index contributed by atoms with van der Waals surface area (Å²) in [6, 6.07) is 10.2. The number of rotatable bonds is 12. The molecule has 11 heteroatoms. The number of aliphatic carboxylic acids is 1. The summed E-state index contributed by atoms with van der Waals surface area (Å²) in [4.78, 5) is 26.9. The second-order valence-electron chi connectivity index (χ2n) is 10.5. The number of amides is 2. The fourth-order valence-corrected chi connectivity index (χ4v) is 5.10. The number of anilines is 3. The van der Waals surface area contributed by atoms with Crippen LogP contribution in [0, 0.1) is 5.92 Å². The van der Waals surface area contributed by atoms with Crippen LogP contribution in [0.25, 0.3) is 0 Å². The van der Waals surface area contributed by atoms with Gasteiger partial charge in [0.1, 0.15) is 5.75 Å². The van der Waals surface area contributed by atoms with Gasteiger partial charge >= 0.3 is 18.4 Å². The minimum Gasteiger partial charge on any atom is -0.481 e. The Kier molecular flexibility index (Phi) is 11.1. The standard InChI is InChI=1S/C29H38F3N3O5/c1-19(2)17-35(23-7-5-4-6-8-23)26-14-9-20(21(18-39-3)16-27(36)37)15-25(26)34-28(38)33-22-10-12-24(13-11-22)40-29(30,31)32/h9-15,19,21,23H,4-8,16-18H2,1-3H3,(H,36,37)(H2,33,34,38). The van der Waals surface area contributed by atoms with Gasteiger partial charge in [-0.2, -0.15) is 0 Å². The molecule has 1 fully saturated rings. The van der Waals surface area contributed by atoms with Crippen molar-refractivity contribution in [2.24, 2.45) is 5.92 Å². The number of nitrogens with zero attached hydrogens (tertiary/aromatic N) is 1. The van der Waals surface area contributed by atoms with E-state index in [0.717, 1.165) is 50.0 Å². The first-order valence-electron chi connectivity index (χ1n) is 13.5. The van der Waals surface area contributed by atoms with Gasteiger partial charge in [0.05, 0.1) is 24.4 Å². The minimum atomic E-state index is -4.81. The fourth-order valence-electron chi connectivity index (χ4n) is 5.10. The third kappa shape index (κ3) is 9.62. The molecule has 8 nitrogen and oxygen atoms in total. The first-order chi connectivity index (χ1) is 18.9. The molecule has 1 saturated carbocycles. The third-order valence-corrected chi connectivity index (χ3v) is 6.76. The zero-order valence-corrected chi connectivity index (χ0v) is 23.1. The van der Waals surface area contributed by atoms with Gasteiger partial charge in [0.2, 0.25) is 0 Å². The van der Waals surface area contributed by atoms with Crippen LogP contribution in [0.5, 0.6) is 5.75 Å². The molecule has 0 bridgehead atoms. The number of hydrogen-bond donors (Lipinski definition) is 3. The van der Waals surface area contributed by atoms with Crippen LogP contribution in [0.1, 0.15) is 63.9 Å². The van der Waals surface area contributed by atoms with Gasteiger partial charge in [-0.05, 0) is 60.7 Å². The van der Waals surface area contributed by atoms with Crippen LogP contribution in [0.4, 0.5) is 35.0 Å². The summed E-state index contributed by atoms with van der Waals surface area (Å²) in [7, 11) is 1.51. The summed E-state index contributed by atoms with van der Waals surface area (Å²) in [5.41, 5.74) is 2.34. The number of alkyl halides is 3. The van der Waals surface area contributed by atoms with Crippen LogP contribution in [0.3, 0.4) is 0 Å². The van der Waals surface area contributed by atoms with Crippen LogP contribution in [0.15, 0.2) is 42.5 Å². The molecular weight excluding hydrogens is 527 g/mol. The van der Waals surface area contributed by atoms with Gasteiger partial charge in [0, 0.05) is 31.3 Å². The van der Waals surface area contributed by atoms with Crippen LogP contribution in [0.2, 0.25) is 0 Å². The highest BCUT2D eigenvalue weighted by atomic mass is 19.4. The van der Waals surface area contributed by atoms with Crippen molar-refractivity contribution in [1.82, 2.24) is 0 Å². The molecule has 0 spiro atoms. The molecule has 1 unspecified atom stereocenters. The highest BCUT2D eigenvalue weighted by molar-refractivity contribution is 6.02. The highest BCUT2D eigenvalue weighted by Gasteiger charge is 2.31. The predicted molar refractivity (Wildman–Crippen MR) is 148 cm³/mol. The summed E-state index contributed by atoms with van der Waals surface area (Å²) in [5, 5.41) is 15.0. The van der Waals surface area contributed by atoms with E-state index < -0.39 is 30.0 Å². The second kappa shape index (κ2) is 14.2. The van der Waals surface area contributed by atoms with E-state index in [-0.39, 0.29) is 18.7 Å². The van der Waals surface area contributed by atoms with Crippen molar-refractivity contribution >= 4 is 29.1 Å². The van der Waals surface area contributed by atoms with E-state index in [1.54, 1.807) is 6.07 Å². The summed E-state index contributed by atoms with van der Waals surface area (Å²) < 4.78 is 46.6. The van der Waals surface area contributed by atoms with Crippen molar-refractivity contribution in [3.8, 4) is 5.75 Å². The predicted octanol–water partition coefficient (Wildman–Crippen LogP) is 7.23. The molecule has 0 radical (unpaired) electrons. The number of nitrogens with one attached hydrogen (secondary N) is 2. The monoisotopic (exact) mass is 565 g/mol. The van der Waals surface area contributed by atoms with E-state index in [4.69, 9.17) is 4.74 Å². The summed E-state index contributed by atoms with van der Waals surface area (Å²) in [6.45, 7) is 5.24. The maximum Gasteiger partial charge on any atom is 0.573 e. The Bertz CT molecular complexity index is 1120.